The highest BCUT2D eigenvalue weighted by atomic mass is 16.5. The molecule has 0 rings (SSSR count). The molecular weight excluding hydrogens is 198 g/mol. The Balaban J connectivity index is 3.51. The smallest absolute Gasteiger partial charge is 0.243 e. The van der Waals surface area contributed by atoms with Crippen LogP contribution in [0.2, 0.25) is 0 Å². The Bertz CT molecular complexity index is 219. The lowest BCUT2D eigenvalue weighted by molar-refractivity contribution is -0.123. The van der Waals surface area contributed by atoms with Gasteiger partial charge in [0.05, 0.1) is 12.6 Å². The van der Waals surface area contributed by atoms with Gasteiger partial charge in [-0.05, 0) is 5.92 Å². The van der Waals surface area contributed by atoms with E-state index in [1.54, 1.807) is 0 Å². The van der Waals surface area contributed by atoms with Crippen LogP contribution in [0.3, 0.4) is 0 Å². The minimum absolute atomic E-state index is 0.0940. The van der Waals surface area contributed by atoms with E-state index in [9.17, 15) is 9.59 Å². The van der Waals surface area contributed by atoms with E-state index in [-0.39, 0.29) is 25.0 Å². The Kier molecular flexibility index (Phi) is 6.64. The minimum atomic E-state index is -0.528. The van der Waals surface area contributed by atoms with Crippen LogP contribution in [0.5, 0.6) is 0 Å². The van der Waals surface area contributed by atoms with Crippen LogP contribution >= 0.6 is 0 Å². The third-order valence-electron chi connectivity index (χ3n) is 1.81. The standard InChI is InChI=1S/C9H19N3O3/c1-6(2)8(11)9(14)12-3-4-15-5-7(10)13/h6,8H,3-5,11H2,1-2H3,(H2,10,13)(H,12,14)/t8-/m0/s1. The maximum Gasteiger partial charge on any atom is 0.243 e. The van der Waals surface area contributed by atoms with Crippen molar-refractivity contribution in [1.82, 2.24) is 5.32 Å². The van der Waals surface area contributed by atoms with E-state index < -0.39 is 11.9 Å². The van der Waals surface area contributed by atoms with Crippen molar-refractivity contribution >= 4 is 11.8 Å². The molecule has 0 heterocycles. The van der Waals surface area contributed by atoms with E-state index in [2.05, 4.69) is 5.32 Å². The average Bonchev–Trinajstić information content (AvgIpc) is 2.15. The summed E-state index contributed by atoms with van der Waals surface area (Å²) < 4.78 is 4.86. The predicted octanol–water partition coefficient (Wildman–Crippen LogP) is -1.41. The average molecular weight is 217 g/mol. The van der Waals surface area contributed by atoms with Crippen LogP contribution in [-0.2, 0) is 14.3 Å². The van der Waals surface area contributed by atoms with Gasteiger partial charge in [0.1, 0.15) is 6.61 Å². The van der Waals surface area contributed by atoms with Gasteiger partial charge in [0.15, 0.2) is 0 Å². The monoisotopic (exact) mass is 217 g/mol. The lowest BCUT2D eigenvalue weighted by Gasteiger charge is -2.15. The van der Waals surface area contributed by atoms with Crippen LogP contribution in [0, 0.1) is 5.92 Å². The summed E-state index contributed by atoms with van der Waals surface area (Å²) in [5, 5.41) is 2.60. The fourth-order valence-corrected chi connectivity index (χ4v) is 0.840. The molecule has 88 valence electrons. The highest BCUT2D eigenvalue weighted by molar-refractivity contribution is 5.81. The molecule has 0 aromatic heterocycles. The van der Waals surface area contributed by atoms with E-state index in [0.717, 1.165) is 0 Å². The van der Waals surface area contributed by atoms with E-state index in [4.69, 9.17) is 16.2 Å². The lowest BCUT2D eigenvalue weighted by Crippen LogP contribution is -2.44. The van der Waals surface area contributed by atoms with E-state index in [1.807, 2.05) is 13.8 Å². The number of carbonyl (C=O) groups is 2. The summed E-state index contributed by atoms with van der Waals surface area (Å²) in [6.07, 6.45) is 0. The summed E-state index contributed by atoms with van der Waals surface area (Å²) in [5.41, 5.74) is 10.4. The van der Waals surface area contributed by atoms with Gasteiger partial charge in [0, 0.05) is 6.54 Å². The molecule has 0 aliphatic rings. The van der Waals surface area contributed by atoms with Crippen LogP contribution in [0.25, 0.3) is 0 Å². The molecule has 0 bridgehead atoms. The predicted molar refractivity (Wildman–Crippen MR) is 55.8 cm³/mol. The first-order valence-corrected chi connectivity index (χ1v) is 4.84. The number of nitrogens with two attached hydrogens (primary N) is 2. The Morgan fingerprint density at radius 3 is 2.47 bits per heavy atom. The Hall–Kier alpha value is -1.14. The molecule has 6 heteroatoms. The van der Waals surface area contributed by atoms with Gasteiger partial charge in [-0.3, -0.25) is 9.59 Å². The fourth-order valence-electron chi connectivity index (χ4n) is 0.840. The Labute approximate surface area is 89.3 Å². The molecule has 0 saturated carbocycles. The van der Waals surface area contributed by atoms with Gasteiger partial charge < -0.3 is 21.5 Å². The number of amides is 2. The zero-order valence-corrected chi connectivity index (χ0v) is 9.16. The zero-order chi connectivity index (χ0) is 11.8. The van der Waals surface area contributed by atoms with Crippen LogP contribution in [-0.4, -0.2) is 37.6 Å². The zero-order valence-electron chi connectivity index (χ0n) is 9.16. The molecule has 0 aliphatic carbocycles. The highest BCUT2D eigenvalue weighted by Gasteiger charge is 2.15. The molecule has 0 saturated heterocycles. The summed E-state index contributed by atoms with van der Waals surface area (Å²) in [6.45, 7) is 4.18. The summed E-state index contributed by atoms with van der Waals surface area (Å²) in [5.74, 6) is -0.649. The van der Waals surface area contributed by atoms with Gasteiger partial charge in [0.2, 0.25) is 11.8 Å². The Morgan fingerprint density at radius 1 is 1.40 bits per heavy atom. The molecule has 15 heavy (non-hydrogen) atoms. The van der Waals surface area contributed by atoms with Gasteiger partial charge in [-0.2, -0.15) is 0 Å². The highest BCUT2D eigenvalue weighted by Crippen LogP contribution is 1.97. The van der Waals surface area contributed by atoms with Crippen molar-refractivity contribution in [3.8, 4) is 0 Å². The van der Waals surface area contributed by atoms with Crippen LogP contribution in [0.4, 0.5) is 0 Å². The summed E-state index contributed by atoms with van der Waals surface area (Å²) >= 11 is 0. The molecule has 0 aromatic carbocycles. The van der Waals surface area contributed by atoms with Crippen LogP contribution < -0.4 is 16.8 Å². The van der Waals surface area contributed by atoms with Crippen molar-refractivity contribution in [3.05, 3.63) is 0 Å². The molecule has 1 atom stereocenters. The largest absolute Gasteiger partial charge is 0.370 e. The third kappa shape index (κ3) is 6.87. The summed E-state index contributed by atoms with van der Waals surface area (Å²) in [6, 6.07) is -0.513. The van der Waals surface area contributed by atoms with Crippen molar-refractivity contribution in [2.24, 2.45) is 17.4 Å². The second-order valence-electron chi connectivity index (χ2n) is 3.58. The van der Waals surface area contributed by atoms with Crippen molar-refractivity contribution in [1.29, 1.82) is 0 Å². The molecule has 6 nitrogen and oxygen atoms in total. The maximum absolute atomic E-state index is 11.3. The second kappa shape index (κ2) is 7.19. The molecule has 5 N–H and O–H groups in total. The van der Waals surface area contributed by atoms with E-state index in [0.29, 0.717) is 6.54 Å². The molecule has 2 amide bonds. The molecule has 0 aliphatic heterocycles. The van der Waals surface area contributed by atoms with E-state index >= 15 is 0 Å². The van der Waals surface area contributed by atoms with Crippen LogP contribution in [0.1, 0.15) is 13.8 Å². The molecule has 0 fully saturated rings. The third-order valence-corrected chi connectivity index (χ3v) is 1.81. The normalized spacial score (nSPS) is 12.5. The molecular formula is C9H19N3O3. The second-order valence-corrected chi connectivity index (χ2v) is 3.58. The summed E-state index contributed by atoms with van der Waals surface area (Å²) in [4.78, 5) is 21.6. The number of primary amides is 1. The molecule has 0 aromatic rings. The van der Waals surface area contributed by atoms with Crippen molar-refractivity contribution in [2.75, 3.05) is 19.8 Å². The molecule has 0 radical (unpaired) electrons. The van der Waals surface area contributed by atoms with Crippen LogP contribution in [0.15, 0.2) is 0 Å². The first-order chi connectivity index (χ1) is 6.95. The van der Waals surface area contributed by atoms with Gasteiger partial charge >= 0.3 is 0 Å². The number of hydrogen-bond acceptors (Lipinski definition) is 4. The van der Waals surface area contributed by atoms with E-state index in [1.165, 1.54) is 0 Å². The SMILES string of the molecule is CC(C)[C@H](N)C(=O)NCCOCC(N)=O. The number of carbonyl (C=O) groups excluding carboxylic acids is 2. The minimum Gasteiger partial charge on any atom is -0.370 e. The van der Waals surface area contributed by atoms with Gasteiger partial charge in [0.25, 0.3) is 0 Å². The Morgan fingerprint density at radius 2 is 2.00 bits per heavy atom. The van der Waals surface area contributed by atoms with Crippen molar-refractivity contribution in [2.45, 2.75) is 19.9 Å². The molecule has 0 unspecified atom stereocenters. The number of ether oxygens (including phenoxy) is 1. The van der Waals surface area contributed by atoms with Crippen molar-refractivity contribution in [3.63, 3.8) is 0 Å². The quantitative estimate of drug-likeness (QED) is 0.455. The van der Waals surface area contributed by atoms with Gasteiger partial charge in [-0.25, -0.2) is 0 Å². The number of nitrogens with one attached hydrogen (secondary N) is 1. The van der Waals surface area contributed by atoms with Crippen molar-refractivity contribution < 1.29 is 14.3 Å². The topological polar surface area (TPSA) is 107 Å². The summed E-state index contributed by atoms with van der Waals surface area (Å²) in [7, 11) is 0. The lowest BCUT2D eigenvalue weighted by atomic mass is 10.1. The first-order valence-electron chi connectivity index (χ1n) is 4.84. The number of hydrogen-bond donors (Lipinski definition) is 3. The van der Waals surface area contributed by atoms with Gasteiger partial charge in [-0.1, -0.05) is 13.8 Å². The van der Waals surface area contributed by atoms with Gasteiger partial charge in [-0.15, -0.1) is 0 Å². The maximum atomic E-state index is 11.3. The first kappa shape index (κ1) is 13.9. The number of rotatable bonds is 7. The fraction of sp³-hybridized carbons (Fsp3) is 0.778. The molecule has 0 spiro atoms.